The molecule has 1 aliphatic heterocycles. The molecule has 0 unspecified atom stereocenters. The zero-order valence-corrected chi connectivity index (χ0v) is 10.6. The van der Waals surface area contributed by atoms with E-state index in [-0.39, 0.29) is 19.2 Å². The molecule has 1 rings (SSSR count). The van der Waals surface area contributed by atoms with Crippen molar-refractivity contribution in [1.82, 2.24) is 4.90 Å². The van der Waals surface area contributed by atoms with Crippen LogP contribution in [0.3, 0.4) is 0 Å². The third kappa shape index (κ3) is 4.49. The van der Waals surface area contributed by atoms with Crippen molar-refractivity contribution in [2.24, 2.45) is 0 Å². The van der Waals surface area contributed by atoms with E-state index < -0.39 is 22.3 Å². The SMILES string of the molecule is CCOC[C@H]1C[C@H](OS(C)(=O)=O)CN1C(=O)O. The Morgan fingerprint density at radius 3 is 2.65 bits per heavy atom. The van der Waals surface area contributed by atoms with Crippen LogP contribution in [0.5, 0.6) is 0 Å². The molecule has 1 heterocycles. The summed E-state index contributed by atoms with van der Waals surface area (Å²) in [7, 11) is -3.56. The molecule has 1 amide bonds. The van der Waals surface area contributed by atoms with E-state index in [0.717, 1.165) is 11.2 Å². The Kier molecular flexibility index (Phi) is 4.72. The Morgan fingerprint density at radius 2 is 2.18 bits per heavy atom. The highest BCUT2D eigenvalue weighted by Crippen LogP contribution is 2.22. The van der Waals surface area contributed by atoms with Crippen molar-refractivity contribution in [2.75, 3.05) is 26.0 Å². The number of ether oxygens (including phenoxy) is 1. The summed E-state index contributed by atoms with van der Waals surface area (Å²) in [5.74, 6) is 0. The second-order valence-electron chi connectivity index (χ2n) is 3.91. The number of likely N-dealkylation sites (tertiary alicyclic amines) is 1. The highest BCUT2D eigenvalue weighted by Gasteiger charge is 2.37. The molecule has 8 heteroatoms. The van der Waals surface area contributed by atoms with Crippen LogP contribution in [0.2, 0.25) is 0 Å². The Balaban J connectivity index is 2.62. The summed E-state index contributed by atoms with van der Waals surface area (Å²) in [6.45, 7) is 2.61. The molecule has 0 saturated carbocycles. The van der Waals surface area contributed by atoms with Gasteiger partial charge in [0.1, 0.15) is 0 Å². The summed E-state index contributed by atoms with van der Waals surface area (Å²) in [5.41, 5.74) is 0. The van der Waals surface area contributed by atoms with Crippen LogP contribution in [0, 0.1) is 0 Å². The van der Waals surface area contributed by atoms with Gasteiger partial charge in [0, 0.05) is 6.61 Å². The zero-order chi connectivity index (χ0) is 13.1. The van der Waals surface area contributed by atoms with Crippen LogP contribution in [0.15, 0.2) is 0 Å². The molecule has 17 heavy (non-hydrogen) atoms. The lowest BCUT2D eigenvalue weighted by Crippen LogP contribution is -2.37. The van der Waals surface area contributed by atoms with E-state index in [1.807, 2.05) is 6.92 Å². The van der Waals surface area contributed by atoms with Gasteiger partial charge >= 0.3 is 6.09 Å². The fourth-order valence-electron chi connectivity index (χ4n) is 1.84. The summed E-state index contributed by atoms with van der Waals surface area (Å²) in [5, 5.41) is 8.96. The van der Waals surface area contributed by atoms with Gasteiger partial charge in [-0.3, -0.25) is 4.18 Å². The number of carboxylic acid groups (broad SMARTS) is 1. The van der Waals surface area contributed by atoms with Gasteiger partial charge in [-0.25, -0.2) is 4.79 Å². The normalized spacial score (nSPS) is 25.2. The van der Waals surface area contributed by atoms with Crippen molar-refractivity contribution in [3.8, 4) is 0 Å². The van der Waals surface area contributed by atoms with Crippen LogP contribution >= 0.6 is 0 Å². The summed E-state index contributed by atoms with van der Waals surface area (Å²) < 4.78 is 31.9. The Bertz CT molecular complexity index is 368. The second kappa shape index (κ2) is 5.65. The minimum Gasteiger partial charge on any atom is -0.465 e. The Hall–Kier alpha value is -0.860. The zero-order valence-electron chi connectivity index (χ0n) is 9.83. The first-order valence-electron chi connectivity index (χ1n) is 5.29. The smallest absolute Gasteiger partial charge is 0.407 e. The number of rotatable bonds is 5. The van der Waals surface area contributed by atoms with E-state index in [9.17, 15) is 13.2 Å². The Morgan fingerprint density at radius 1 is 1.53 bits per heavy atom. The first-order chi connectivity index (χ1) is 7.83. The largest absolute Gasteiger partial charge is 0.465 e. The topological polar surface area (TPSA) is 93.1 Å². The van der Waals surface area contributed by atoms with Crippen molar-refractivity contribution in [3.63, 3.8) is 0 Å². The van der Waals surface area contributed by atoms with Crippen LogP contribution in [-0.4, -0.2) is 62.7 Å². The van der Waals surface area contributed by atoms with Crippen molar-refractivity contribution < 1.29 is 27.2 Å². The molecule has 0 aromatic carbocycles. The second-order valence-corrected chi connectivity index (χ2v) is 5.51. The summed E-state index contributed by atoms with van der Waals surface area (Å²) in [6.07, 6.45) is -0.422. The molecule has 7 nitrogen and oxygen atoms in total. The van der Waals surface area contributed by atoms with Gasteiger partial charge in [-0.15, -0.1) is 0 Å². The van der Waals surface area contributed by atoms with Gasteiger partial charge in [0.15, 0.2) is 0 Å². The number of amides is 1. The van der Waals surface area contributed by atoms with Gasteiger partial charge < -0.3 is 14.7 Å². The lowest BCUT2D eigenvalue weighted by molar-refractivity contribution is 0.0790. The first-order valence-corrected chi connectivity index (χ1v) is 7.10. The van der Waals surface area contributed by atoms with E-state index >= 15 is 0 Å². The molecular weight excluding hydrogens is 250 g/mol. The summed E-state index contributed by atoms with van der Waals surface area (Å²) >= 11 is 0. The average molecular weight is 267 g/mol. The molecule has 1 aliphatic rings. The van der Waals surface area contributed by atoms with Crippen molar-refractivity contribution >= 4 is 16.2 Å². The molecule has 0 bridgehead atoms. The monoisotopic (exact) mass is 267 g/mol. The van der Waals surface area contributed by atoms with E-state index in [4.69, 9.17) is 14.0 Å². The van der Waals surface area contributed by atoms with E-state index in [1.54, 1.807) is 0 Å². The van der Waals surface area contributed by atoms with E-state index in [0.29, 0.717) is 13.0 Å². The molecule has 1 N–H and O–H groups in total. The number of hydrogen-bond acceptors (Lipinski definition) is 5. The number of nitrogens with zero attached hydrogens (tertiary/aromatic N) is 1. The van der Waals surface area contributed by atoms with E-state index in [2.05, 4.69) is 0 Å². The van der Waals surface area contributed by atoms with Crippen molar-refractivity contribution in [2.45, 2.75) is 25.5 Å². The highest BCUT2D eigenvalue weighted by molar-refractivity contribution is 7.86. The van der Waals surface area contributed by atoms with Crippen LogP contribution < -0.4 is 0 Å². The van der Waals surface area contributed by atoms with Crippen molar-refractivity contribution in [3.05, 3.63) is 0 Å². The fourth-order valence-corrected chi connectivity index (χ4v) is 2.47. The minimum absolute atomic E-state index is 0.0557. The van der Waals surface area contributed by atoms with Crippen LogP contribution in [0.4, 0.5) is 4.79 Å². The predicted octanol–water partition coefficient (Wildman–Crippen LogP) is 0.120. The third-order valence-electron chi connectivity index (χ3n) is 2.45. The summed E-state index contributed by atoms with van der Waals surface area (Å²) in [6, 6.07) is -0.348. The molecule has 2 atom stereocenters. The quantitative estimate of drug-likeness (QED) is 0.711. The molecular formula is C9H17NO6S. The predicted molar refractivity (Wildman–Crippen MR) is 59.3 cm³/mol. The molecule has 0 aliphatic carbocycles. The maximum Gasteiger partial charge on any atom is 0.407 e. The lowest BCUT2D eigenvalue weighted by Gasteiger charge is -2.20. The van der Waals surface area contributed by atoms with Gasteiger partial charge in [-0.1, -0.05) is 0 Å². The molecule has 0 spiro atoms. The summed E-state index contributed by atoms with van der Waals surface area (Å²) in [4.78, 5) is 12.1. The molecule has 1 saturated heterocycles. The third-order valence-corrected chi connectivity index (χ3v) is 3.07. The lowest BCUT2D eigenvalue weighted by atomic mass is 10.2. The standard InChI is InChI=1S/C9H17NO6S/c1-3-15-6-7-4-8(16-17(2,13)14)5-10(7)9(11)12/h7-8H,3-6H2,1-2H3,(H,11,12)/t7-,8+/m1/s1. The Labute approximate surface area is 100 Å². The highest BCUT2D eigenvalue weighted by atomic mass is 32.2. The van der Waals surface area contributed by atoms with Crippen LogP contribution in [0.1, 0.15) is 13.3 Å². The van der Waals surface area contributed by atoms with Gasteiger partial charge in [0.2, 0.25) is 0 Å². The van der Waals surface area contributed by atoms with Gasteiger partial charge in [0.25, 0.3) is 10.1 Å². The van der Waals surface area contributed by atoms with Gasteiger partial charge in [0.05, 0.1) is 31.6 Å². The number of carbonyl (C=O) groups is 1. The maximum atomic E-state index is 11.0. The molecule has 100 valence electrons. The van der Waals surface area contributed by atoms with Gasteiger partial charge in [-0.05, 0) is 13.3 Å². The molecule has 0 radical (unpaired) electrons. The fraction of sp³-hybridized carbons (Fsp3) is 0.889. The first kappa shape index (κ1) is 14.2. The van der Waals surface area contributed by atoms with Crippen LogP contribution in [-0.2, 0) is 19.0 Å². The van der Waals surface area contributed by atoms with E-state index in [1.165, 1.54) is 0 Å². The number of hydrogen-bond donors (Lipinski definition) is 1. The van der Waals surface area contributed by atoms with Gasteiger partial charge in [-0.2, -0.15) is 8.42 Å². The molecule has 0 aromatic rings. The van der Waals surface area contributed by atoms with Crippen LogP contribution in [0.25, 0.3) is 0 Å². The average Bonchev–Trinajstić information content (AvgIpc) is 2.55. The van der Waals surface area contributed by atoms with Crippen molar-refractivity contribution in [1.29, 1.82) is 0 Å². The maximum absolute atomic E-state index is 11.0. The molecule has 1 fully saturated rings. The minimum atomic E-state index is -3.56. The molecule has 0 aromatic heterocycles.